The second-order valence-corrected chi connectivity index (χ2v) is 9.07. The van der Waals surface area contributed by atoms with Gasteiger partial charge in [0.1, 0.15) is 0 Å². The highest BCUT2D eigenvalue weighted by molar-refractivity contribution is 7.90. The summed E-state index contributed by atoms with van der Waals surface area (Å²) in [7, 11) is -3.33. The molecule has 6 heteroatoms. The van der Waals surface area contributed by atoms with Gasteiger partial charge in [-0.15, -0.1) is 0 Å². The van der Waals surface area contributed by atoms with Crippen molar-refractivity contribution in [1.82, 2.24) is 0 Å². The quantitative estimate of drug-likeness (QED) is 0.707. The molecule has 0 unspecified atom stereocenters. The Morgan fingerprint density at radius 2 is 1.59 bits per heavy atom. The number of Topliss-reactive ketones (excluding diaryl/α,β-unsaturated/α-hetero) is 1. The van der Waals surface area contributed by atoms with Gasteiger partial charge in [0.05, 0.1) is 10.6 Å². The van der Waals surface area contributed by atoms with Crippen LogP contribution in [0.3, 0.4) is 0 Å². The third-order valence-corrected chi connectivity index (χ3v) is 6.20. The van der Waals surface area contributed by atoms with Crippen molar-refractivity contribution in [3.05, 3.63) is 83.4 Å². The molecule has 1 N–H and O–H groups in total. The molecule has 0 spiro atoms. The van der Waals surface area contributed by atoms with Gasteiger partial charge in [-0.3, -0.25) is 9.59 Å². The Hall–Kier alpha value is -3.25. The first-order valence-electron chi connectivity index (χ1n) is 9.20. The van der Waals surface area contributed by atoms with Crippen LogP contribution in [0, 0.1) is 0 Å². The first kappa shape index (κ1) is 19.1. The summed E-state index contributed by atoms with van der Waals surface area (Å²) in [6.07, 6.45) is 2.18. The fourth-order valence-corrected chi connectivity index (χ4v) is 4.26. The third kappa shape index (κ3) is 3.71. The predicted octanol–water partition coefficient (Wildman–Crippen LogP) is 4.14. The Morgan fingerprint density at radius 1 is 0.897 bits per heavy atom. The third-order valence-electron chi connectivity index (χ3n) is 5.07. The lowest BCUT2D eigenvalue weighted by molar-refractivity contribution is 0.0995. The molecule has 0 saturated carbocycles. The summed E-state index contributed by atoms with van der Waals surface area (Å²) in [4.78, 5) is 25.3. The van der Waals surface area contributed by atoms with E-state index < -0.39 is 9.84 Å². The molecule has 0 atom stereocenters. The molecule has 146 valence electrons. The van der Waals surface area contributed by atoms with E-state index in [1.54, 1.807) is 6.07 Å². The van der Waals surface area contributed by atoms with E-state index in [9.17, 15) is 18.0 Å². The summed E-state index contributed by atoms with van der Waals surface area (Å²) >= 11 is 0. The van der Waals surface area contributed by atoms with Crippen molar-refractivity contribution in [1.29, 1.82) is 0 Å². The van der Waals surface area contributed by atoms with Crippen LogP contribution in [0.4, 0.5) is 5.69 Å². The number of nitrogens with one attached hydrogen (secondary N) is 1. The number of ketones is 1. The monoisotopic (exact) mass is 405 g/mol. The molecule has 3 aromatic carbocycles. The Labute approximate surface area is 169 Å². The maximum Gasteiger partial charge on any atom is 0.255 e. The zero-order valence-electron chi connectivity index (χ0n) is 15.8. The minimum absolute atomic E-state index is 0.0144. The van der Waals surface area contributed by atoms with Crippen LogP contribution in [0.5, 0.6) is 0 Å². The maximum atomic E-state index is 12.7. The second-order valence-electron chi connectivity index (χ2n) is 7.05. The zero-order valence-corrected chi connectivity index (χ0v) is 16.6. The van der Waals surface area contributed by atoms with Crippen LogP contribution in [0.2, 0.25) is 0 Å². The maximum absolute atomic E-state index is 12.7. The van der Waals surface area contributed by atoms with Crippen LogP contribution in [0.25, 0.3) is 11.1 Å². The highest BCUT2D eigenvalue weighted by atomic mass is 32.2. The topological polar surface area (TPSA) is 80.3 Å². The van der Waals surface area contributed by atoms with Crippen molar-refractivity contribution in [2.75, 3.05) is 11.6 Å². The van der Waals surface area contributed by atoms with Crippen molar-refractivity contribution < 1.29 is 18.0 Å². The molecular weight excluding hydrogens is 386 g/mol. The second kappa shape index (κ2) is 7.29. The van der Waals surface area contributed by atoms with Gasteiger partial charge in [-0.1, -0.05) is 36.4 Å². The van der Waals surface area contributed by atoms with Crippen molar-refractivity contribution >= 4 is 27.2 Å². The number of benzene rings is 3. The smallest absolute Gasteiger partial charge is 0.255 e. The Bertz CT molecular complexity index is 1210. The molecular formula is C23H19NO4S. The van der Waals surface area contributed by atoms with Gasteiger partial charge in [0.25, 0.3) is 5.91 Å². The normalized spacial score (nSPS) is 13.2. The van der Waals surface area contributed by atoms with Gasteiger partial charge < -0.3 is 5.32 Å². The summed E-state index contributed by atoms with van der Waals surface area (Å²) in [5.41, 5.74) is 4.36. The van der Waals surface area contributed by atoms with Gasteiger partial charge in [0, 0.05) is 23.8 Å². The Morgan fingerprint density at radius 3 is 2.24 bits per heavy atom. The molecule has 0 heterocycles. The van der Waals surface area contributed by atoms with E-state index in [1.165, 1.54) is 24.3 Å². The van der Waals surface area contributed by atoms with Crippen LogP contribution in [0.15, 0.2) is 71.6 Å². The minimum Gasteiger partial charge on any atom is -0.321 e. The van der Waals surface area contributed by atoms with Gasteiger partial charge in [-0.25, -0.2) is 8.42 Å². The van der Waals surface area contributed by atoms with Crippen molar-refractivity contribution in [3.8, 4) is 11.1 Å². The molecule has 4 rings (SSSR count). The average Bonchev–Trinajstić information content (AvgIpc) is 3.10. The predicted molar refractivity (Wildman–Crippen MR) is 112 cm³/mol. The molecule has 3 aromatic rings. The van der Waals surface area contributed by atoms with Gasteiger partial charge in [-0.05, 0) is 53.4 Å². The van der Waals surface area contributed by atoms with Crippen LogP contribution in [-0.2, 0) is 16.3 Å². The number of carbonyl (C=O) groups is 2. The van der Waals surface area contributed by atoms with Gasteiger partial charge in [0.2, 0.25) is 0 Å². The lowest BCUT2D eigenvalue weighted by atomic mass is 9.95. The van der Waals surface area contributed by atoms with Crippen LogP contribution in [-0.4, -0.2) is 26.4 Å². The summed E-state index contributed by atoms with van der Waals surface area (Å²) in [5, 5.41) is 2.82. The van der Waals surface area contributed by atoms with Gasteiger partial charge in [-0.2, -0.15) is 0 Å². The molecule has 0 aliphatic heterocycles. The van der Waals surface area contributed by atoms with E-state index in [0.717, 1.165) is 22.9 Å². The number of anilines is 1. The molecule has 1 aliphatic rings. The largest absolute Gasteiger partial charge is 0.321 e. The molecule has 1 aliphatic carbocycles. The standard InChI is InChI=1S/C23H19NO4S/c1-29(27,28)17-9-7-16(8-10-17)23(26)24-20-13-11-18(15-5-3-2-4-6-15)19-12-14-21(25)22(19)20/h2-11,13H,12,14H2,1H3,(H,24,26). The summed E-state index contributed by atoms with van der Waals surface area (Å²) in [6, 6.07) is 19.3. The van der Waals surface area contributed by atoms with Crippen LogP contribution >= 0.6 is 0 Å². The van der Waals surface area contributed by atoms with Crippen molar-refractivity contribution in [2.24, 2.45) is 0 Å². The van der Waals surface area contributed by atoms with E-state index in [4.69, 9.17) is 0 Å². The molecule has 0 saturated heterocycles. The number of fused-ring (bicyclic) bond motifs is 1. The number of carbonyl (C=O) groups excluding carboxylic acids is 2. The van der Waals surface area contributed by atoms with Crippen LogP contribution in [0.1, 0.15) is 32.7 Å². The Balaban J connectivity index is 1.67. The summed E-state index contributed by atoms with van der Waals surface area (Å²) in [5.74, 6) is -0.375. The highest BCUT2D eigenvalue weighted by Crippen LogP contribution is 2.37. The number of sulfone groups is 1. The molecule has 0 radical (unpaired) electrons. The number of amides is 1. The zero-order chi connectivity index (χ0) is 20.6. The minimum atomic E-state index is -3.33. The highest BCUT2D eigenvalue weighted by Gasteiger charge is 2.27. The fourth-order valence-electron chi connectivity index (χ4n) is 3.63. The van der Waals surface area contributed by atoms with E-state index in [-0.39, 0.29) is 16.6 Å². The van der Waals surface area contributed by atoms with Crippen molar-refractivity contribution in [2.45, 2.75) is 17.7 Å². The SMILES string of the molecule is CS(=O)(=O)c1ccc(C(=O)Nc2ccc(-c3ccccc3)c3c2C(=O)CC3)cc1. The first-order valence-corrected chi connectivity index (χ1v) is 11.1. The van der Waals surface area contributed by atoms with Gasteiger partial charge >= 0.3 is 0 Å². The number of rotatable bonds is 4. The average molecular weight is 405 g/mol. The molecule has 1 amide bonds. The molecule has 0 fully saturated rings. The number of hydrogen-bond donors (Lipinski definition) is 1. The summed E-state index contributed by atoms with van der Waals surface area (Å²) in [6.45, 7) is 0. The van der Waals surface area contributed by atoms with E-state index >= 15 is 0 Å². The Kier molecular flexibility index (Phi) is 4.80. The fraction of sp³-hybridized carbons (Fsp3) is 0.130. The van der Waals surface area contributed by atoms with Crippen molar-refractivity contribution in [3.63, 3.8) is 0 Å². The molecule has 0 aromatic heterocycles. The molecule has 0 bridgehead atoms. The van der Waals surface area contributed by atoms with E-state index in [2.05, 4.69) is 5.32 Å². The van der Waals surface area contributed by atoms with E-state index in [0.29, 0.717) is 29.7 Å². The number of hydrogen-bond acceptors (Lipinski definition) is 4. The summed E-state index contributed by atoms with van der Waals surface area (Å²) < 4.78 is 23.2. The van der Waals surface area contributed by atoms with E-state index in [1.807, 2.05) is 36.4 Å². The lowest BCUT2D eigenvalue weighted by Crippen LogP contribution is -2.14. The first-order chi connectivity index (χ1) is 13.8. The lowest BCUT2D eigenvalue weighted by Gasteiger charge is -2.14. The van der Waals surface area contributed by atoms with Gasteiger partial charge in [0.15, 0.2) is 15.6 Å². The van der Waals surface area contributed by atoms with Crippen LogP contribution < -0.4 is 5.32 Å². The molecule has 29 heavy (non-hydrogen) atoms. The molecule has 5 nitrogen and oxygen atoms in total.